The van der Waals surface area contributed by atoms with Gasteiger partial charge in [-0.1, -0.05) is 55.6 Å². The summed E-state index contributed by atoms with van der Waals surface area (Å²) in [5.74, 6) is -0.346. The van der Waals surface area contributed by atoms with E-state index >= 15 is 0 Å². The van der Waals surface area contributed by atoms with Gasteiger partial charge in [0.25, 0.3) is 5.56 Å². The van der Waals surface area contributed by atoms with Crippen LogP contribution < -0.4 is 10.9 Å². The molecule has 1 aromatic heterocycles. The van der Waals surface area contributed by atoms with Gasteiger partial charge in [0, 0.05) is 17.2 Å². The number of rotatable bonds is 2. The average molecular weight is 341 g/mol. The van der Waals surface area contributed by atoms with E-state index in [4.69, 9.17) is 34.8 Å². The van der Waals surface area contributed by atoms with E-state index in [1.54, 1.807) is 27.7 Å². The standard InChI is InChI=1S/C12H16Cl3N3O2/c1-7-5-8(19)18(6-16-7)9(12(13,14)15)17-10(20)11(2,3)4/h5-6,9H,1-4H3,(H,17,20)/t9-/m0/s1. The third-order valence-corrected chi connectivity index (χ3v) is 3.13. The minimum Gasteiger partial charge on any atom is -0.331 e. The minimum absolute atomic E-state index is 0.346. The van der Waals surface area contributed by atoms with Gasteiger partial charge in [-0.15, -0.1) is 0 Å². The predicted molar refractivity (Wildman–Crippen MR) is 80.2 cm³/mol. The van der Waals surface area contributed by atoms with Gasteiger partial charge in [0.05, 0.1) is 6.33 Å². The molecule has 1 rings (SSSR count). The van der Waals surface area contributed by atoms with E-state index in [2.05, 4.69) is 10.3 Å². The average Bonchev–Trinajstić information content (AvgIpc) is 2.23. The normalized spacial score (nSPS) is 13.9. The molecule has 0 aliphatic carbocycles. The molecule has 1 aromatic rings. The second-order valence-electron chi connectivity index (χ2n) is 5.44. The third kappa shape index (κ3) is 4.36. The van der Waals surface area contributed by atoms with Gasteiger partial charge in [0.2, 0.25) is 9.70 Å². The van der Waals surface area contributed by atoms with E-state index in [1.807, 2.05) is 0 Å². The highest BCUT2D eigenvalue weighted by Gasteiger charge is 2.38. The van der Waals surface area contributed by atoms with Crippen molar-refractivity contribution in [2.45, 2.75) is 37.7 Å². The van der Waals surface area contributed by atoms with Crippen molar-refractivity contribution in [1.29, 1.82) is 0 Å². The first-order valence-electron chi connectivity index (χ1n) is 5.85. The van der Waals surface area contributed by atoms with Crippen LogP contribution in [0.1, 0.15) is 32.6 Å². The SMILES string of the molecule is Cc1cc(=O)n([C@H](NC(=O)C(C)(C)C)C(Cl)(Cl)Cl)cn1. The summed E-state index contributed by atoms with van der Waals surface area (Å²) in [6.45, 7) is 6.82. The van der Waals surface area contributed by atoms with E-state index in [0.29, 0.717) is 5.69 Å². The number of hydrogen-bond acceptors (Lipinski definition) is 3. The van der Waals surface area contributed by atoms with Gasteiger partial charge in [-0.2, -0.15) is 0 Å². The van der Waals surface area contributed by atoms with Gasteiger partial charge < -0.3 is 5.32 Å². The summed E-state index contributed by atoms with van der Waals surface area (Å²) in [6, 6.07) is 1.30. The van der Waals surface area contributed by atoms with Crippen molar-refractivity contribution in [2.24, 2.45) is 5.41 Å². The molecule has 20 heavy (non-hydrogen) atoms. The molecule has 0 saturated heterocycles. The molecule has 0 radical (unpaired) electrons. The van der Waals surface area contributed by atoms with Gasteiger partial charge in [0.1, 0.15) is 0 Å². The molecule has 0 aliphatic heterocycles. The molecule has 1 amide bonds. The second-order valence-corrected chi connectivity index (χ2v) is 7.81. The van der Waals surface area contributed by atoms with Crippen molar-refractivity contribution in [3.05, 3.63) is 28.4 Å². The molecule has 0 fully saturated rings. The summed E-state index contributed by atoms with van der Waals surface area (Å²) in [7, 11) is 0. The van der Waals surface area contributed by atoms with Crippen molar-refractivity contribution in [3.63, 3.8) is 0 Å². The van der Waals surface area contributed by atoms with Gasteiger partial charge in [-0.25, -0.2) is 4.98 Å². The summed E-state index contributed by atoms with van der Waals surface area (Å²) in [6.07, 6.45) is 0.104. The van der Waals surface area contributed by atoms with Crippen LogP contribution in [0.4, 0.5) is 0 Å². The zero-order valence-electron chi connectivity index (χ0n) is 11.6. The molecule has 1 N–H and O–H groups in total. The fourth-order valence-corrected chi connectivity index (χ4v) is 1.82. The van der Waals surface area contributed by atoms with Crippen LogP contribution in [-0.2, 0) is 4.79 Å². The molecule has 112 valence electrons. The summed E-state index contributed by atoms with van der Waals surface area (Å²) in [5.41, 5.74) is -0.560. The fourth-order valence-electron chi connectivity index (χ4n) is 1.34. The quantitative estimate of drug-likeness (QED) is 0.842. The van der Waals surface area contributed by atoms with E-state index in [0.717, 1.165) is 4.57 Å². The van der Waals surface area contributed by atoms with Crippen LogP contribution in [0, 0.1) is 12.3 Å². The summed E-state index contributed by atoms with van der Waals surface area (Å²) < 4.78 is -0.800. The van der Waals surface area contributed by atoms with Crippen molar-refractivity contribution < 1.29 is 4.79 Å². The van der Waals surface area contributed by atoms with Crippen LogP contribution >= 0.6 is 34.8 Å². The monoisotopic (exact) mass is 339 g/mol. The maximum atomic E-state index is 12.1. The highest BCUT2D eigenvalue weighted by atomic mass is 35.6. The van der Waals surface area contributed by atoms with E-state index in [1.165, 1.54) is 12.4 Å². The van der Waals surface area contributed by atoms with Crippen LogP contribution in [0.5, 0.6) is 0 Å². The molecule has 0 aromatic carbocycles. The first-order valence-corrected chi connectivity index (χ1v) is 6.99. The molecule has 0 bridgehead atoms. The lowest BCUT2D eigenvalue weighted by Gasteiger charge is -2.30. The van der Waals surface area contributed by atoms with Gasteiger partial charge in [0.15, 0.2) is 6.17 Å². The number of hydrogen-bond donors (Lipinski definition) is 1. The Bertz CT molecular complexity index is 558. The molecule has 5 nitrogen and oxygen atoms in total. The molecular weight excluding hydrogens is 325 g/mol. The van der Waals surface area contributed by atoms with Crippen molar-refractivity contribution in [2.75, 3.05) is 0 Å². The number of nitrogens with one attached hydrogen (secondary N) is 1. The Labute approximate surface area is 132 Å². The zero-order valence-corrected chi connectivity index (χ0v) is 13.8. The van der Waals surface area contributed by atoms with Gasteiger partial charge >= 0.3 is 0 Å². The fraction of sp³-hybridized carbons (Fsp3) is 0.583. The summed E-state index contributed by atoms with van der Waals surface area (Å²) in [5, 5.41) is 2.56. The first-order chi connectivity index (χ1) is 8.93. The van der Waals surface area contributed by atoms with E-state index in [9.17, 15) is 9.59 Å². The van der Waals surface area contributed by atoms with Gasteiger partial charge in [-0.3, -0.25) is 14.2 Å². The predicted octanol–water partition coefficient (Wildman–Crippen LogP) is 2.58. The lowest BCUT2D eigenvalue weighted by Crippen LogP contribution is -2.47. The second kappa shape index (κ2) is 5.92. The number of aryl methyl sites for hydroxylation is 1. The maximum absolute atomic E-state index is 12.1. The lowest BCUT2D eigenvalue weighted by molar-refractivity contribution is -0.129. The Morgan fingerprint density at radius 2 is 1.90 bits per heavy atom. The Morgan fingerprint density at radius 1 is 1.35 bits per heavy atom. The number of halogens is 3. The molecule has 8 heteroatoms. The number of amides is 1. The number of aromatic nitrogens is 2. The van der Waals surface area contributed by atoms with Crippen molar-refractivity contribution in [3.8, 4) is 0 Å². The van der Waals surface area contributed by atoms with Crippen LogP contribution in [-0.4, -0.2) is 19.3 Å². The molecule has 0 spiro atoms. The van der Waals surface area contributed by atoms with Crippen LogP contribution in [0.15, 0.2) is 17.2 Å². The van der Waals surface area contributed by atoms with Crippen LogP contribution in [0.2, 0.25) is 0 Å². The van der Waals surface area contributed by atoms with Crippen molar-refractivity contribution in [1.82, 2.24) is 14.9 Å². The topological polar surface area (TPSA) is 64.0 Å². The molecule has 1 atom stereocenters. The molecule has 0 aliphatic rings. The number of carbonyl (C=O) groups is 1. The smallest absolute Gasteiger partial charge is 0.255 e. The molecule has 0 unspecified atom stereocenters. The number of nitrogens with zero attached hydrogens (tertiary/aromatic N) is 2. The first kappa shape index (κ1) is 17.3. The van der Waals surface area contributed by atoms with E-state index in [-0.39, 0.29) is 5.91 Å². The van der Waals surface area contributed by atoms with E-state index < -0.39 is 20.9 Å². The molecule has 1 heterocycles. The van der Waals surface area contributed by atoms with Crippen molar-refractivity contribution >= 4 is 40.7 Å². The maximum Gasteiger partial charge on any atom is 0.255 e. The number of alkyl halides is 3. The number of carbonyl (C=O) groups excluding carboxylic acids is 1. The van der Waals surface area contributed by atoms with Gasteiger partial charge in [-0.05, 0) is 6.92 Å². The molecular formula is C12H16Cl3N3O2. The van der Waals surface area contributed by atoms with Crippen LogP contribution in [0.25, 0.3) is 0 Å². The highest BCUT2D eigenvalue weighted by molar-refractivity contribution is 6.67. The highest BCUT2D eigenvalue weighted by Crippen LogP contribution is 2.36. The Balaban J connectivity index is 3.21. The zero-order chi connectivity index (χ0) is 15.7. The third-order valence-electron chi connectivity index (χ3n) is 2.51. The van der Waals surface area contributed by atoms with Crippen LogP contribution in [0.3, 0.4) is 0 Å². The Morgan fingerprint density at radius 3 is 2.30 bits per heavy atom. The minimum atomic E-state index is -1.89. The lowest BCUT2D eigenvalue weighted by atomic mass is 9.95. The largest absolute Gasteiger partial charge is 0.331 e. The Kier molecular flexibility index (Phi) is 5.11. The molecule has 0 saturated carbocycles. The summed E-state index contributed by atoms with van der Waals surface area (Å²) in [4.78, 5) is 28.0. The summed E-state index contributed by atoms with van der Waals surface area (Å²) >= 11 is 17.6. The Hall–Kier alpha value is -0.780.